The summed E-state index contributed by atoms with van der Waals surface area (Å²) in [6, 6.07) is 14.9. The molecular formula is C17H13N3O2. The Morgan fingerprint density at radius 2 is 1.68 bits per heavy atom. The van der Waals surface area contributed by atoms with Gasteiger partial charge in [-0.1, -0.05) is 30.3 Å². The third-order valence-electron chi connectivity index (χ3n) is 3.89. The van der Waals surface area contributed by atoms with Crippen LogP contribution in [0.1, 0.15) is 16.1 Å². The van der Waals surface area contributed by atoms with E-state index in [0.29, 0.717) is 17.6 Å². The van der Waals surface area contributed by atoms with Crippen LogP contribution < -0.4 is 4.90 Å². The predicted molar refractivity (Wildman–Crippen MR) is 83.0 cm³/mol. The van der Waals surface area contributed by atoms with Gasteiger partial charge in [0.1, 0.15) is 0 Å². The molecule has 0 aliphatic carbocycles. The van der Waals surface area contributed by atoms with E-state index in [1.165, 1.54) is 0 Å². The zero-order chi connectivity index (χ0) is 15.1. The molecule has 5 heteroatoms. The van der Waals surface area contributed by atoms with Crippen molar-refractivity contribution in [3.8, 4) is 5.88 Å². The van der Waals surface area contributed by atoms with Crippen molar-refractivity contribution in [2.24, 2.45) is 0 Å². The molecule has 1 aliphatic heterocycles. The first-order valence-corrected chi connectivity index (χ1v) is 7.09. The highest BCUT2D eigenvalue weighted by Gasteiger charge is 2.28. The molecule has 0 fully saturated rings. The van der Waals surface area contributed by atoms with Gasteiger partial charge in [-0.3, -0.25) is 4.79 Å². The number of nitrogens with zero attached hydrogens (tertiary/aromatic N) is 3. The van der Waals surface area contributed by atoms with Crippen LogP contribution in [0.3, 0.4) is 0 Å². The number of anilines is 1. The molecule has 5 nitrogen and oxygen atoms in total. The van der Waals surface area contributed by atoms with Crippen LogP contribution in [0.25, 0.3) is 11.0 Å². The van der Waals surface area contributed by atoms with Crippen molar-refractivity contribution in [1.82, 2.24) is 9.97 Å². The monoisotopic (exact) mass is 291 g/mol. The highest BCUT2D eigenvalue weighted by atomic mass is 16.3. The Bertz CT molecular complexity index is 892. The molecule has 3 aromatic rings. The van der Waals surface area contributed by atoms with Gasteiger partial charge in [0.05, 0.1) is 11.0 Å². The van der Waals surface area contributed by atoms with E-state index < -0.39 is 0 Å². The molecule has 0 radical (unpaired) electrons. The summed E-state index contributed by atoms with van der Waals surface area (Å²) >= 11 is 0. The molecule has 1 aromatic heterocycles. The molecule has 0 bridgehead atoms. The average molecular weight is 291 g/mol. The fourth-order valence-corrected chi connectivity index (χ4v) is 2.81. The van der Waals surface area contributed by atoms with E-state index in [1.807, 2.05) is 36.4 Å². The van der Waals surface area contributed by atoms with Crippen LogP contribution in [0.4, 0.5) is 5.69 Å². The van der Waals surface area contributed by atoms with E-state index in [9.17, 15) is 9.90 Å². The van der Waals surface area contributed by atoms with Crippen LogP contribution in [0, 0.1) is 0 Å². The van der Waals surface area contributed by atoms with E-state index in [0.717, 1.165) is 17.7 Å². The number of hydrogen-bond acceptors (Lipinski definition) is 4. The SMILES string of the molecule is O=C(c1nc2ccccc2nc1O)N1CCc2ccccc21. The lowest BCUT2D eigenvalue weighted by Gasteiger charge is -2.17. The molecule has 0 saturated heterocycles. The highest BCUT2D eigenvalue weighted by Crippen LogP contribution is 2.30. The Morgan fingerprint density at radius 1 is 1.00 bits per heavy atom. The number of amides is 1. The molecule has 1 amide bonds. The average Bonchev–Trinajstić information content (AvgIpc) is 2.97. The van der Waals surface area contributed by atoms with Gasteiger partial charge in [-0.15, -0.1) is 0 Å². The lowest BCUT2D eigenvalue weighted by Crippen LogP contribution is -2.29. The van der Waals surface area contributed by atoms with E-state index in [2.05, 4.69) is 9.97 Å². The minimum Gasteiger partial charge on any atom is -0.492 e. The van der Waals surface area contributed by atoms with Crippen LogP contribution in [-0.4, -0.2) is 27.5 Å². The van der Waals surface area contributed by atoms with Gasteiger partial charge in [0.15, 0.2) is 5.69 Å². The Balaban J connectivity index is 1.79. The molecule has 1 aliphatic rings. The first-order valence-electron chi connectivity index (χ1n) is 7.09. The second-order valence-electron chi connectivity index (χ2n) is 5.22. The number of aromatic nitrogens is 2. The summed E-state index contributed by atoms with van der Waals surface area (Å²) in [5.41, 5.74) is 3.16. The third-order valence-corrected chi connectivity index (χ3v) is 3.89. The number of rotatable bonds is 1. The second kappa shape index (κ2) is 4.80. The predicted octanol–water partition coefficient (Wildman–Crippen LogP) is 2.54. The van der Waals surface area contributed by atoms with Gasteiger partial charge in [0.2, 0.25) is 5.88 Å². The maximum atomic E-state index is 12.7. The Kier molecular flexibility index (Phi) is 2.79. The summed E-state index contributed by atoms with van der Waals surface area (Å²) in [7, 11) is 0. The van der Waals surface area contributed by atoms with Crippen LogP contribution in [-0.2, 0) is 6.42 Å². The van der Waals surface area contributed by atoms with Crippen molar-refractivity contribution in [3.63, 3.8) is 0 Å². The first-order chi connectivity index (χ1) is 10.7. The standard InChI is InChI=1S/C17H13N3O2/c21-16-15(18-12-6-2-3-7-13(12)19-16)17(22)20-10-9-11-5-1-4-8-14(11)20/h1-8H,9-10H2,(H,19,21). The van der Waals surface area contributed by atoms with Crippen molar-refractivity contribution in [2.75, 3.05) is 11.4 Å². The fraction of sp³-hybridized carbons (Fsp3) is 0.118. The molecule has 2 heterocycles. The Hall–Kier alpha value is -2.95. The van der Waals surface area contributed by atoms with E-state index in [4.69, 9.17) is 0 Å². The lowest BCUT2D eigenvalue weighted by atomic mass is 10.2. The van der Waals surface area contributed by atoms with Crippen LogP contribution in [0.5, 0.6) is 5.88 Å². The number of fused-ring (bicyclic) bond motifs is 2. The zero-order valence-electron chi connectivity index (χ0n) is 11.7. The van der Waals surface area contributed by atoms with Crippen molar-refractivity contribution in [3.05, 3.63) is 59.8 Å². The molecule has 108 valence electrons. The molecule has 0 atom stereocenters. The number of carbonyl (C=O) groups excluding carboxylic acids is 1. The van der Waals surface area contributed by atoms with Gasteiger partial charge in [0, 0.05) is 12.2 Å². The van der Waals surface area contributed by atoms with E-state index >= 15 is 0 Å². The van der Waals surface area contributed by atoms with Crippen molar-refractivity contribution in [2.45, 2.75) is 6.42 Å². The first kappa shape index (κ1) is 12.8. The third kappa shape index (κ3) is 1.90. The number of carbonyl (C=O) groups is 1. The Morgan fingerprint density at radius 3 is 2.50 bits per heavy atom. The van der Waals surface area contributed by atoms with Gasteiger partial charge in [-0.2, -0.15) is 0 Å². The molecule has 1 N–H and O–H groups in total. The van der Waals surface area contributed by atoms with Crippen LogP contribution in [0.15, 0.2) is 48.5 Å². The van der Waals surface area contributed by atoms with Crippen molar-refractivity contribution >= 4 is 22.6 Å². The van der Waals surface area contributed by atoms with Crippen LogP contribution >= 0.6 is 0 Å². The smallest absolute Gasteiger partial charge is 0.282 e. The summed E-state index contributed by atoms with van der Waals surface area (Å²) in [5, 5.41) is 10.1. The van der Waals surface area contributed by atoms with Gasteiger partial charge in [0.25, 0.3) is 5.91 Å². The molecule has 0 saturated carbocycles. The van der Waals surface area contributed by atoms with E-state index in [1.54, 1.807) is 17.0 Å². The molecule has 0 spiro atoms. The van der Waals surface area contributed by atoms with Gasteiger partial charge < -0.3 is 10.0 Å². The maximum absolute atomic E-state index is 12.7. The van der Waals surface area contributed by atoms with Gasteiger partial charge in [-0.05, 0) is 30.2 Å². The topological polar surface area (TPSA) is 66.3 Å². The summed E-state index contributed by atoms with van der Waals surface area (Å²) < 4.78 is 0. The molecular weight excluding hydrogens is 278 g/mol. The number of benzene rings is 2. The van der Waals surface area contributed by atoms with Gasteiger partial charge >= 0.3 is 0 Å². The normalized spacial score (nSPS) is 13.4. The number of aromatic hydroxyl groups is 1. The summed E-state index contributed by atoms with van der Waals surface area (Å²) in [4.78, 5) is 22.7. The minimum atomic E-state index is -0.326. The molecule has 4 rings (SSSR count). The highest BCUT2D eigenvalue weighted by molar-refractivity contribution is 6.08. The lowest BCUT2D eigenvalue weighted by molar-refractivity contribution is 0.0981. The maximum Gasteiger partial charge on any atom is 0.282 e. The number of para-hydroxylation sites is 3. The Labute approximate surface area is 126 Å². The van der Waals surface area contributed by atoms with Crippen LogP contribution in [0.2, 0.25) is 0 Å². The molecule has 2 aromatic carbocycles. The van der Waals surface area contributed by atoms with Gasteiger partial charge in [-0.25, -0.2) is 9.97 Å². The quantitative estimate of drug-likeness (QED) is 0.748. The van der Waals surface area contributed by atoms with Crippen molar-refractivity contribution in [1.29, 1.82) is 0 Å². The summed E-state index contributed by atoms with van der Waals surface area (Å²) in [6.45, 7) is 0.589. The number of hydrogen-bond donors (Lipinski definition) is 1. The van der Waals surface area contributed by atoms with Crippen molar-refractivity contribution < 1.29 is 9.90 Å². The fourth-order valence-electron chi connectivity index (χ4n) is 2.81. The summed E-state index contributed by atoms with van der Waals surface area (Å²) in [6.07, 6.45) is 0.809. The van der Waals surface area contributed by atoms with E-state index in [-0.39, 0.29) is 17.5 Å². The summed E-state index contributed by atoms with van der Waals surface area (Å²) in [5.74, 6) is -0.645. The molecule has 22 heavy (non-hydrogen) atoms. The largest absolute Gasteiger partial charge is 0.492 e. The molecule has 0 unspecified atom stereocenters. The second-order valence-corrected chi connectivity index (χ2v) is 5.22. The zero-order valence-corrected chi connectivity index (χ0v) is 11.7. The minimum absolute atomic E-state index is 0.00426.